The van der Waals surface area contributed by atoms with E-state index in [1.807, 2.05) is 13.0 Å². The maximum atomic E-state index is 13.6. The fourth-order valence-corrected chi connectivity index (χ4v) is 1.71. The highest BCUT2D eigenvalue weighted by molar-refractivity contribution is 5.42. The fraction of sp³-hybridized carbons (Fsp3) is 0.143. The molecule has 2 N–H and O–H groups in total. The first-order valence-electron chi connectivity index (χ1n) is 5.35. The molecule has 2 rings (SSSR count). The third kappa shape index (κ3) is 2.61. The van der Waals surface area contributed by atoms with Gasteiger partial charge in [-0.25, -0.2) is 8.78 Å². The molecule has 2 aromatic carbocycles. The highest BCUT2D eigenvalue weighted by atomic mass is 19.1. The molecule has 0 aliphatic carbocycles. The molecule has 0 saturated carbocycles. The number of aryl methyl sites for hydroxylation is 1. The van der Waals surface area contributed by atoms with Crippen LogP contribution in [-0.2, 0) is 6.42 Å². The van der Waals surface area contributed by atoms with Crippen molar-refractivity contribution >= 4 is 5.69 Å². The molecule has 88 valence electrons. The van der Waals surface area contributed by atoms with Crippen LogP contribution in [0.3, 0.4) is 0 Å². The third-order valence-electron chi connectivity index (χ3n) is 2.67. The summed E-state index contributed by atoms with van der Waals surface area (Å²) in [6.45, 7) is 1.82. The van der Waals surface area contributed by atoms with Crippen molar-refractivity contribution in [1.82, 2.24) is 0 Å². The second kappa shape index (κ2) is 4.53. The van der Waals surface area contributed by atoms with Crippen molar-refractivity contribution < 1.29 is 8.78 Å². The summed E-state index contributed by atoms with van der Waals surface area (Å²) in [6.07, 6.45) is 0.234. The molecule has 0 aromatic heterocycles. The lowest BCUT2D eigenvalue weighted by Gasteiger charge is -2.06. The van der Waals surface area contributed by atoms with Gasteiger partial charge in [-0.2, -0.15) is 0 Å². The molecule has 0 unspecified atom stereocenters. The quantitative estimate of drug-likeness (QED) is 0.790. The van der Waals surface area contributed by atoms with Crippen molar-refractivity contribution in [3.63, 3.8) is 0 Å². The summed E-state index contributed by atoms with van der Waals surface area (Å²) in [5, 5.41) is 0. The van der Waals surface area contributed by atoms with Gasteiger partial charge in [-0.1, -0.05) is 18.2 Å². The summed E-state index contributed by atoms with van der Waals surface area (Å²) in [5.74, 6) is -0.703. The Morgan fingerprint density at radius 3 is 2.12 bits per heavy atom. The minimum atomic E-state index is -0.398. The molecule has 3 heteroatoms. The molecule has 0 atom stereocenters. The number of hydrogen-bond donors (Lipinski definition) is 1. The van der Waals surface area contributed by atoms with Crippen LogP contribution in [0.1, 0.15) is 16.7 Å². The molecule has 0 heterocycles. The van der Waals surface area contributed by atoms with E-state index in [1.54, 1.807) is 18.2 Å². The Balaban J connectivity index is 2.31. The first kappa shape index (κ1) is 11.6. The molecule has 0 aliphatic rings. The van der Waals surface area contributed by atoms with Gasteiger partial charge in [-0.3, -0.25) is 0 Å². The molecule has 0 radical (unpaired) electrons. The summed E-state index contributed by atoms with van der Waals surface area (Å²) in [6, 6.07) is 9.40. The third-order valence-corrected chi connectivity index (χ3v) is 2.67. The number of nitrogens with two attached hydrogens (primary N) is 1. The van der Waals surface area contributed by atoms with Crippen LogP contribution in [0.5, 0.6) is 0 Å². The zero-order chi connectivity index (χ0) is 12.4. The molecule has 2 aromatic rings. The highest BCUT2D eigenvalue weighted by Gasteiger charge is 2.07. The van der Waals surface area contributed by atoms with Crippen LogP contribution in [0.4, 0.5) is 14.5 Å². The number of benzene rings is 2. The fourth-order valence-electron chi connectivity index (χ4n) is 1.71. The first-order chi connectivity index (χ1) is 8.06. The van der Waals surface area contributed by atoms with Crippen LogP contribution in [-0.4, -0.2) is 0 Å². The van der Waals surface area contributed by atoms with E-state index in [-0.39, 0.29) is 12.2 Å². The number of hydrogen-bond acceptors (Lipinski definition) is 1. The first-order valence-corrected chi connectivity index (χ1v) is 5.35. The Labute approximate surface area is 98.9 Å². The van der Waals surface area contributed by atoms with Crippen molar-refractivity contribution in [2.45, 2.75) is 13.3 Å². The predicted octanol–water partition coefficient (Wildman–Crippen LogP) is 3.45. The summed E-state index contributed by atoms with van der Waals surface area (Å²) in [7, 11) is 0. The van der Waals surface area contributed by atoms with E-state index in [0.29, 0.717) is 16.8 Å². The molecular formula is C14H13F2N. The van der Waals surface area contributed by atoms with Gasteiger partial charge in [0, 0.05) is 12.1 Å². The molecule has 17 heavy (non-hydrogen) atoms. The Morgan fingerprint density at radius 1 is 0.941 bits per heavy atom. The number of halogens is 2. The zero-order valence-corrected chi connectivity index (χ0v) is 9.50. The highest BCUT2D eigenvalue weighted by Crippen LogP contribution is 2.18. The van der Waals surface area contributed by atoms with Gasteiger partial charge in [-0.15, -0.1) is 0 Å². The lowest BCUT2D eigenvalue weighted by atomic mass is 10.0. The summed E-state index contributed by atoms with van der Waals surface area (Å²) in [4.78, 5) is 0. The Hall–Kier alpha value is -1.90. The molecule has 0 bridgehead atoms. The van der Waals surface area contributed by atoms with Gasteiger partial charge in [0.05, 0.1) is 0 Å². The summed E-state index contributed by atoms with van der Waals surface area (Å²) < 4.78 is 27.1. The van der Waals surface area contributed by atoms with E-state index < -0.39 is 5.82 Å². The van der Waals surface area contributed by atoms with Gasteiger partial charge >= 0.3 is 0 Å². The molecule has 0 saturated heterocycles. The summed E-state index contributed by atoms with van der Waals surface area (Å²) in [5.41, 5.74) is 7.61. The SMILES string of the molecule is Cc1ccc(Cc2ccc(N)cc2F)c(F)c1. The molecule has 0 spiro atoms. The minimum Gasteiger partial charge on any atom is -0.399 e. The van der Waals surface area contributed by atoms with Crippen molar-refractivity contribution in [3.05, 3.63) is 64.7 Å². The number of anilines is 1. The lowest BCUT2D eigenvalue weighted by Crippen LogP contribution is -1.97. The molecule has 0 amide bonds. The van der Waals surface area contributed by atoms with Gasteiger partial charge in [0.1, 0.15) is 11.6 Å². The lowest BCUT2D eigenvalue weighted by molar-refractivity contribution is 0.599. The maximum absolute atomic E-state index is 13.6. The maximum Gasteiger partial charge on any atom is 0.128 e. The van der Waals surface area contributed by atoms with E-state index in [0.717, 1.165) is 5.56 Å². The van der Waals surface area contributed by atoms with E-state index in [9.17, 15) is 8.78 Å². The predicted molar refractivity (Wildman–Crippen MR) is 64.8 cm³/mol. The molecule has 0 aliphatic heterocycles. The van der Waals surface area contributed by atoms with Crippen molar-refractivity contribution in [3.8, 4) is 0 Å². The van der Waals surface area contributed by atoms with Crippen LogP contribution in [0.25, 0.3) is 0 Å². The van der Waals surface area contributed by atoms with E-state index in [1.165, 1.54) is 12.1 Å². The number of rotatable bonds is 2. The van der Waals surface area contributed by atoms with Gasteiger partial charge in [0.25, 0.3) is 0 Å². The van der Waals surface area contributed by atoms with E-state index >= 15 is 0 Å². The average Bonchev–Trinajstić information content (AvgIpc) is 2.25. The van der Waals surface area contributed by atoms with Crippen molar-refractivity contribution in [2.75, 3.05) is 5.73 Å². The van der Waals surface area contributed by atoms with Crippen LogP contribution in [0, 0.1) is 18.6 Å². The second-order valence-electron chi connectivity index (χ2n) is 4.12. The molecular weight excluding hydrogens is 220 g/mol. The van der Waals surface area contributed by atoms with Gasteiger partial charge in [0.15, 0.2) is 0 Å². The van der Waals surface area contributed by atoms with Crippen molar-refractivity contribution in [2.24, 2.45) is 0 Å². The van der Waals surface area contributed by atoms with Crippen LogP contribution >= 0.6 is 0 Å². The largest absolute Gasteiger partial charge is 0.399 e. The van der Waals surface area contributed by atoms with E-state index in [4.69, 9.17) is 5.73 Å². The Bertz CT molecular complexity index is 500. The zero-order valence-electron chi connectivity index (χ0n) is 9.50. The number of nitrogen functional groups attached to an aromatic ring is 1. The Morgan fingerprint density at radius 2 is 1.53 bits per heavy atom. The summed E-state index contributed by atoms with van der Waals surface area (Å²) >= 11 is 0. The second-order valence-corrected chi connectivity index (χ2v) is 4.12. The standard InChI is InChI=1S/C14H13F2N/c1-9-2-3-10(13(15)6-9)7-11-4-5-12(17)8-14(11)16/h2-6,8H,7,17H2,1H3. The Kier molecular flexibility index (Phi) is 3.09. The van der Waals surface area contributed by atoms with Gasteiger partial charge < -0.3 is 5.73 Å². The molecule has 1 nitrogen and oxygen atoms in total. The van der Waals surface area contributed by atoms with Crippen LogP contribution in [0.2, 0.25) is 0 Å². The monoisotopic (exact) mass is 233 g/mol. The smallest absolute Gasteiger partial charge is 0.128 e. The van der Waals surface area contributed by atoms with Crippen LogP contribution in [0.15, 0.2) is 36.4 Å². The normalized spacial score (nSPS) is 10.5. The molecule has 0 fully saturated rings. The van der Waals surface area contributed by atoms with Crippen LogP contribution < -0.4 is 5.73 Å². The van der Waals surface area contributed by atoms with Gasteiger partial charge in [0.2, 0.25) is 0 Å². The minimum absolute atomic E-state index is 0.234. The average molecular weight is 233 g/mol. The van der Waals surface area contributed by atoms with Crippen molar-refractivity contribution in [1.29, 1.82) is 0 Å². The van der Waals surface area contributed by atoms with E-state index in [2.05, 4.69) is 0 Å². The topological polar surface area (TPSA) is 26.0 Å². The van der Waals surface area contributed by atoms with Gasteiger partial charge in [-0.05, 0) is 41.8 Å².